The minimum Gasteiger partial charge on any atom is -0.372 e. The number of aryl methyl sites for hydroxylation is 1. The van der Waals surface area contributed by atoms with Crippen LogP contribution in [0.1, 0.15) is 49.6 Å². The molecule has 39 heavy (non-hydrogen) atoms. The summed E-state index contributed by atoms with van der Waals surface area (Å²) in [4.78, 5) is 4.66. The molecule has 0 heterocycles. The highest BCUT2D eigenvalue weighted by molar-refractivity contribution is 7.91. The lowest BCUT2D eigenvalue weighted by Crippen LogP contribution is -2.22. The third-order valence-corrected chi connectivity index (χ3v) is 9.55. The van der Waals surface area contributed by atoms with E-state index in [1.165, 1.54) is 0 Å². The highest BCUT2D eigenvalue weighted by Crippen LogP contribution is 2.36. The number of nitrogens with zero attached hydrogens (tertiary/aromatic N) is 2. The van der Waals surface area contributed by atoms with Crippen LogP contribution < -0.4 is 9.80 Å². The van der Waals surface area contributed by atoms with Gasteiger partial charge in [0, 0.05) is 47.6 Å². The first-order chi connectivity index (χ1) is 18.7. The quantitative estimate of drug-likeness (QED) is 0.199. The standard InChI is InChI=1S/C32H38Cl2N2O2S/c1-6-35(7-2)26-17-16-25(30(33)22-26)12-10-11-13-32(39(37,38)28-19-14-24(5)15-20-28)29-21-18-27(23-31(29)34)36(8-3)9-4/h10-23,32H,6-9H2,1-5H3. The Bertz CT molecular complexity index is 1410. The van der Waals surface area contributed by atoms with Crippen LogP contribution in [0.4, 0.5) is 11.4 Å². The average Bonchev–Trinajstić information content (AvgIpc) is 2.92. The van der Waals surface area contributed by atoms with Crippen molar-refractivity contribution in [3.8, 4) is 0 Å². The van der Waals surface area contributed by atoms with E-state index in [1.54, 1.807) is 24.3 Å². The van der Waals surface area contributed by atoms with Crippen LogP contribution in [0.25, 0.3) is 6.08 Å². The first-order valence-corrected chi connectivity index (χ1v) is 15.7. The smallest absolute Gasteiger partial charge is 0.189 e. The van der Waals surface area contributed by atoms with Crippen LogP contribution in [0, 0.1) is 6.92 Å². The van der Waals surface area contributed by atoms with Crippen molar-refractivity contribution in [3.63, 3.8) is 0 Å². The highest BCUT2D eigenvalue weighted by atomic mass is 35.5. The van der Waals surface area contributed by atoms with Crippen molar-refractivity contribution < 1.29 is 8.42 Å². The summed E-state index contributed by atoms with van der Waals surface area (Å²) in [6.45, 7) is 13.8. The number of allylic oxidation sites excluding steroid dienone is 2. The summed E-state index contributed by atoms with van der Waals surface area (Å²) in [6, 6.07) is 18.5. The van der Waals surface area contributed by atoms with E-state index in [0.717, 1.165) is 48.7 Å². The zero-order valence-corrected chi connectivity index (χ0v) is 25.7. The maximum atomic E-state index is 13.8. The van der Waals surface area contributed by atoms with Gasteiger partial charge in [0.05, 0.1) is 4.90 Å². The van der Waals surface area contributed by atoms with Crippen molar-refractivity contribution in [1.29, 1.82) is 0 Å². The Balaban J connectivity index is 1.98. The maximum absolute atomic E-state index is 13.8. The van der Waals surface area contributed by atoms with E-state index in [4.69, 9.17) is 23.2 Å². The van der Waals surface area contributed by atoms with E-state index < -0.39 is 15.1 Å². The maximum Gasteiger partial charge on any atom is 0.189 e. The number of hydrogen-bond acceptors (Lipinski definition) is 4. The Labute approximate surface area is 244 Å². The van der Waals surface area contributed by atoms with Gasteiger partial charge in [-0.1, -0.05) is 77.3 Å². The van der Waals surface area contributed by atoms with Gasteiger partial charge in [-0.15, -0.1) is 0 Å². The van der Waals surface area contributed by atoms with Gasteiger partial charge in [-0.3, -0.25) is 0 Å². The molecule has 1 unspecified atom stereocenters. The van der Waals surface area contributed by atoms with E-state index >= 15 is 0 Å². The van der Waals surface area contributed by atoms with E-state index in [2.05, 4.69) is 37.5 Å². The lowest BCUT2D eigenvalue weighted by atomic mass is 10.1. The predicted octanol–water partition coefficient (Wildman–Crippen LogP) is 8.78. The molecule has 4 nitrogen and oxygen atoms in total. The zero-order chi connectivity index (χ0) is 28.6. The molecule has 0 aromatic heterocycles. The topological polar surface area (TPSA) is 40.6 Å². The fourth-order valence-electron chi connectivity index (χ4n) is 4.54. The summed E-state index contributed by atoms with van der Waals surface area (Å²) in [5.74, 6) is 0. The molecule has 0 N–H and O–H groups in total. The largest absolute Gasteiger partial charge is 0.372 e. The van der Waals surface area contributed by atoms with Crippen LogP contribution in [0.2, 0.25) is 10.0 Å². The summed E-state index contributed by atoms with van der Waals surface area (Å²) in [6.07, 6.45) is 7.13. The van der Waals surface area contributed by atoms with Gasteiger partial charge in [0.25, 0.3) is 0 Å². The number of halogens is 2. The summed E-state index contributed by atoms with van der Waals surface area (Å²) < 4.78 is 27.7. The molecule has 0 aliphatic carbocycles. The molecule has 7 heteroatoms. The van der Waals surface area contributed by atoms with E-state index in [1.807, 2.05) is 67.6 Å². The van der Waals surface area contributed by atoms with Crippen LogP contribution in [-0.4, -0.2) is 34.6 Å². The van der Waals surface area contributed by atoms with Crippen LogP contribution in [0.15, 0.2) is 83.8 Å². The minimum atomic E-state index is -3.76. The molecule has 0 fully saturated rings. The lowest BCUT2D eigenvalue weighted by molar-refractivity contribution is 0.590. The van der Waals surface area contributed by atoms with Crippen molar-refractivity contribution in [3.05, 3.63) is 106 Å². The molecule has 3 rings (SSSR count). The Morgan fingerprint density at radius 1 is 0.744 bits per heavy atom. The monoisotopic (exact) mass is 584 g/mol. The van der Waals surface area contributed by atoms with Crippen molar-refractivity contribution in [2.24, 2.45) is 0 Å². The molecule has 0 aliphatic heterocycles. The molecule has 0 radical (unpaired) electrons. The van der Waals surface area contributed by atoms with Crippen molar-refractivity contribution >= 4 is 50.5 Å². The molecule has 0 amide bonds. The normalized spacial score (nSPS) is 12.8. The fourth-order valence-corrected chi connectivity index (χ4v) is 6.78. The molecule has 208 valence electrons. The second-order valence-corrected chi connectivity index (χ2v) is 12.2. The SMILES string of the molecule is CCN(CC)c1ccc(C=CC=CC(c2ccc(N(CC)CC)cc2Cl)S(=O)(=O)c2ccc(C)cc2)c(Cl)c1. The Morgan fingerprint density at radius 3 is 1.79 bits per heavy atom. The molecule has 0 aliphatic rings. The molecule has 0 saturated carbocycles. The zero-order valence-electron chi connectivity index (χ0n) is 23.4. The second-order valence-electron chi connectivity index (χ2n) is 9.28. The first-order valence-electron chi connectivity index (χ1n) is 13.4. The number of benzene rings is 3. The van der Waals surface area contributed by atoms with Crippen molar-refractivity contribution in [2.75, 3.05) is 36.0 Å². The average molecular weight is 586 g/mol. The third kappa shape index (κ3) is 7.47. The fraction of sp³-hybridized carbons (Fsp3) is 0.312. The van der Waals surface area contributed by atoms with Gasteiger partial charge in [-0.2, -0.15) is 0 Å². The minimum absolute atomic E-state index is 0.255. The van der Waals surface area contributed by atoms with Gasteiger partial charge < -0.3 is 9.80 Å². The number of sulfone groups is 1. The molecule has 1 atom stereocenters. The summed E-state index contributed by atoms with van der Waals surface area (Å²) in [5.41, 5.74) is 4.43. The van der Waals surface area contributed by atoms with E-state index in [-0.39, 0.29) is 4.90 Å². The lowest BCUT2D eigenvalue weighted by Gasteiger charge is -2.23. The summed E-state index contributed by atoms with van der Waals surface area (Å²) in [7, 11) is -3.76. The molecule has 3 aromatic rings. The van der Waals surface area contributed by atoms with E-state index in [9.17, 15) is 8.42 Å². The summed E-state index contributed by atoms with van der Waals surface area (Å²) >= 11 is 13.3. The molecule has 3 aromatic carbocycles. The first kappa shape index (κ1) is 30.8. The van der Waals surface area contributed by atoms with E-state index in [0.29, 0.717) is 15.6 Å². The molecule has 0 saturated heterocycles. The van der Waals surface area contributed by atoms with Crippen molar-refractivity contribution in [2.45, 2.75) is 44.8 Å². The van der Waals surface area contributed by atoms with Gasteiger partial charge in [0.1, 0.15) is 5.25 Å². The second kappa shape index (κ2) is 14.1. The third-order valence-electron chi connectivity index (χ3n) is 6.89. The number of anilines is 2. The molecular weight excluding hydrogens is 547 g/mol. The molecular formula is C32H38Cl2N2O2S. The van der Waals surface area contributed by atoms with Gasteiger partial charge in [0.2, 0.25) is 0 Å². The Hall–Kier alpha value is -2.73. The van der Waals surface area contributed by atoms with Gasteiger partial charge in [-0.05, 0) is 82.1 Å². The number of rotatable bonds is 12. The highest BCUT2D eigenvalue weighted by Gasteiger charge is 2.29. The van der Waals surface area contributed by atoms with Gasteiger partial charge >= 0.3 is 0 Å². The van der Waals surface area contributed by atoms with Gasteiger partial charge in [-0.25, -0.2) is 8.42 Å². The van der Waals surface area contributed by atoms with Crippen molar-refractivity contribution in [1.82, 2.24) is 0 Å². The molecule has 0 bridgehead atoms. The van der Waals surface area contributed by atoms with Gasteiger partial charge in [0.15, 0.2) is 9.84 Å². The summed E-state index contributed by atoms with van der Waals surface area (Å²) in [5, 5.41) is 0.107. The van der Waals surface area contributed by atoms with Crippen LogP contribution in [0.3, 0.4) is 0 Å². The van der Waals surface area contributed by atoms with Crippen LogP contribution >= 0.6 is 23.2 Å². The van der Waals surface area contributed by atoms with Crippen LogP contribution in [0.5, 0.6) is 0 Å². The Kier molecular flexibility index (Phi) is 11.1. The number of hydrogen-bond donors (Lipinski definition) is 0. The molecule has 0 spiro atoms. The predicted molar refractivity (Wildman–Crippen MR) is 169 cm³/mol. The Morgan fingerprint density at radius 2 is 1.28 bits per heavy atom. The van der Waals surface area contributed by atoms with Crippen LogP contribution in [-0.2, 0) is 9.84 Å².